The van der Waals surface area contributed by atoms with Crippen LogP contribution in [-0.4, -0.2) is 75.9 Å². The molecule has 28 heavy (non-hydrogen) atoms. The van der Waals surface area contributed by atoms with Crippen LogP contribution in [0.15, 0.2) is 23.2 Å². The molecule has 0 unspecified atom stereocenters. The topological polar surface area (TPSA) is 75.6 Å². The maximum absolute atomic E-state index is 12.0. The van der Waals surface area contributed by atoms with Crippen LogP contribution >= 0.6 is 0 Å². The van der Waals surface area contributed by atoms with E-state index in [0.29, 0.717) is 19.6 Å². The molecule has 1 aromatic carbocycles. The van der Waals surface area contributed by atoms with Crippen LogP contribution < -0.4 is 14.8 Å². The lowest BCUT2D eigenvalue weighted by Gasteiger charge is -2.26. The maximum atomic E-state index is 12.0. The number of benzene rings is 1. The summed E-state index contributed by atoms with van der Waals surface area (Å²) < 4.78 is 16.0. The number of amides is 1. The smallest absolute Gasteiger partial charge is 0.410 e. The van der Waals surface area contributed by atoms with Crippen molar-refractivity contribution in [3.05, 3.63) is 23.8 Å². The van der Waals surface area contributed by atoms with Crippen molar-refractivity contribution in [3.63, 3.8) is 0 Å². The molecule has 0 fully saturated rings. The van der Waals surface area contributed by atoms with E-state index in [0.717, 1.165) is 23.0 Å². The van der Waals surface area contributed by atoms with E-state index in [2.05, 4.69) is 10.3 Å². The van der Waals surface area contributed by atoms with Gasteiger partial charge in [0.1, 0.15) is 17.1 Å². The predicted molar refractivity (Wildman–Crippen MR) is 111 cm³/mol. The number of ether oxygens (including phenoxy) is 3. The molecule has 8 heteroatoms. The summed E-state index contributed by atoms with van der Waals surface area (Å²) in [5.74, 6) is 2.22. The van der Waals surface area contributed by atoms with E-state index in [4.69, 9.17) is 14.2 Å². The fourth-order valence-electron chi connectivity index (χ4n) is 2.46. The van der Waals surface area contributed by atoms with Crippen molar-refractivity contribution in [3.8, 4) is 11.5 Å². The Hall–Kier alpha value is -2.64. The van der Waals surface area contributed by atoms with Crippen LogP contribution in [0.5, 0.6) is 11.5 Å². The monoisotopic (exact) mass is 394 g/mol. The molecule has 0 aliphatic rings. The van der Waals surface area contributed by atoms with Crippen molar-refractivity contribution in [1.82, 2.24) is 15.1 Å². The van der Waals surface area contributed by atoms with Gasteiger partial charge in [0.2, 0.25) is 0 Å². The van der Waals surface area contributed by atoms with E-state index in [9.17, 15) is 4.79 Å². The Bertz CT molecular complexity index is 671. The molecule has 0 aliphatic heterocycles. The number of hydrogen-bond acceptors (Lipinski definition) is 5. The Morgan fingerprint density at radius 3 is 2.36 bits per heavy atom. The van der Waals surface area contributed by atoms with Gasteiger partial charge < -0.3 is 29.3 Å². The first-order chi connectivity index (χ1) is 13.1. The summed E-state index contributed by atoms with van der Waals surface area (Å²) in [6.45, 7) is 7.19. The summed E-state index contributed by atoms with van der Waals surface area (Å²) >= 11 is 0. The van der Waals surface area contributed by atoms with Gasteiger partial charge in [0, 0.05) is 52.4 Å². The summed E-state index contributed by atoms with van der Waals surface area (Å²) in [6.07, 6.45) is -0.347. The minimum atomic E-state index is -0.507. The Morgan fingerprint density at radius 2 is 1.82 bits per heavy atom. The van der Waals surface area contributed by atoms with Gasteiger partial charge in [-0.3, -0.25) is 4.99 Å². The minimum absolute atomic E-state index is 0.347. The molecule has 1 amide bonds. The normalized spacial score (nSPS) is 11.6. The average molecular weight is 395 g/mol. The van der Waals surface area contributed by atoms with Crippen molar-refractivity contribution in [2.24, 2.45) is 4.99 Å². The first-order valence-electron chi connectivity index (χ1n) is 9.18. The van der Waals surface area contributed by atoms with E-state index >= 15 is 0 Å². The lowest BCUT2D eigenvalue weighted by molar-refractivity contribution is 0.0302. The highest BCUT2D eigenvalue weighted by Crippen LogP contribution is 2.25. The molecule has 8 nitrogen and oxygen atoms in total. The van der Waals surface area contributed by atoms with Crippen LogP contribution in [0, 0.1) is 0 Å². The highest BCUT2D eigenvalue weighted by atomic mass is 16.6. The van der Waals surface area contributed by atoms with Crippen LogP contribution in [0.2, 0.25) is 0 Å². The number of nitrogens with one attached hydrogen (secondary N) is 1. The zero-order valence-electron chi connectivity index (χ0n) is 18.3. The van der Waals surface area contributed by atoms with Gasteiger partial charge >= 0.3 is 6.09 Å². The predicted octanol–water partition coefficient (Wildman–Crippen LogP) is 2.58. The molecule has 0 bridgehead atoms. The van der Waals surface area contributed by atoms with Gasteiger partial charge in [-0.15, -0.1) is 0 Å². The molecule has 0 radical (unpaired) electrons. The number of methoxy groups -OCH3 is 2. The second-order valence-electron chi connectivity index (χ2n) is 7.41. The van der Waals surface area contributed by atoms with Gasteiger partial charge in [-0.25, -0.2) is 4.79 Å². The lowest BCUT2D eigenvalue weighted by atomic mass is 10.2. The molecule has 0 saturated carbocycles. The highest BCUT2D eigenvalue weighted by molar-refractivity contribution is 5.79. The molecule has 1 rings (SSSR count). The number of hydrogen-bond donors (Lipinski definition) is 1. The van der Waals surface area contributed by atoms with Crippen LogP contribution in [-0.2, 0) is 11.3 Å². The molecular formula is C20H34N4O4. The number of likely N-dealkylation sites (N-methyl/N-ethyl adjacent to an activating group) is 1. The number of carbonyl (C=O) groups excluding carboxylic acids is 1. The first-order valence-corrected chi connectivity index (χ1v) is 9.18. The van der Waals surface area contributed by atoms with Crippen molar-refractivity contribution in [1.29, 1.82) is 0 Å². The van der Waals surface area contributed by atoms with Crippen LogP contribution in [0.25, 0.3) is 0 Å². The van der Waals surface area contributed by atoms with E-state index in [-0.39, 0.29) is 6.09 Å². The van der Waals surface area contributed by atoms with Crippen LogP contribution in [0.1, 0.15) is 26.3 Å². The van der Waals surface area contributed by atoms with Crippen LogP contribution in [0.3, 0.4) is 0 Å². The number of guanidine groups is 1. The summed E-state index contributed by atoms with van der Waals surface area (Å²) in [5, 5.41) is 3.26. The largest absolute Gasteiger partial charge is 0.497 e. The Balaban J connectivity index is 2.61. The summed E-state index contributed by atoms with van der Waals surface area (Å²) in [7, 11) is 8.64. The molecule has 0 saturated heterocycles. The van der Waals surface area contributed by atoms with E-state index in [1.807, 2.05) is 50.9 Å². The molecule has 1 N–H and O–H groups in total. The second kappa shape index (κ2) is 10.6. The molecule has 1 aromatic rings. The molecule has 0 aromatic heterocycles. The summed E-state index contributed by atoms with van der Waals surface area (Å²) in [4.78, 5) is 19.8. The van der Waals surface area contributed by atoms with E-state index < -0.39 is 5.60 Å². The van der Waals surface area contributed by atoms with Gasteiger partial charge in [-0.05, 0) is 32.9 Å². The number of carbonyl (C=O) groups is 1. The SMILES string of the molecule is CN=C(NCCN(C)C(=O)OC(C)(C)C)N(C)Cc1ccc(OC)cc1OC. The number of aliphatic imine (C=N–C) groups is 1. The Morgan fingerprint density at radius 1 is 1.14 bits per heavy atom. The van der Waals surface area contributed by atoms with E-state index in [1.165, 1.54) is 4.90 Å². The van der Waals surface area contributed by atoms with Crippen molar-refractivity contribution in [2.45, 2.75) is 32.9 Å². The summed E-state index contributed by atoms with van der Waals surface area (Å²) in [5.41, 5.74) is 0.506. The zero-order valence-corrected chi connectivity index (χ0v) is 18.3. The molecule has 0 heterocycles. The fraction of sp³-hybridized carbons (Fsp3) is 0.600. The maximum Gasteiger partial charge on any atom is 0.410 e. The first kappa shape index (κ1) is 23.4. The fourth-order valence-corrected chi connectivity index (χ4v) is 2.46. The molecular weight excluding hydrogens is 360 g/mol. The molecule has 0 atom stereocenters. The quantitative estimate of drug-likeness (QED) is 0.566. The standard InChI is InChI=1S/C20H34N4O4/c1-20(2,3)28-19(25)23(5)12-11-22-18(21-4)24(6)14-15-9-10-16(26-7)13-17(15)27-8/h9-10,13H,11-12,14H2,1-8H3,(H,21,22). The third kappa shape index (κ3) is 7.54. The van der Waals surface area contributed by atoms with Gasteiger partial charge in [0.05, 0.1) is 14.2 Å². The van der Waals surface area contributed by atoms with Crippen molar-refractivity contribution >= 4 is 12.1 Å². The average Bonchev–Trinajstić information content (AvgIpc) is 2.63. The van der Waals surface area contributed by atoms with Gasteiger partial charge in [-0.1, -0.05) is 0 Å². The molecule has 0 aliphatic carbocycles. The van der Waals surface area contributed by atoms with Crippen LogP contribution in [0.4, 0.5) is 4.79 Å². The number of nitrogens with zero attached hydrogens (tertiary/aromatic N) is 3. The number of rotatable bonds is 7. The lowest BCUT2D eigenvalue weighted by Crippen LogP contribution is -2.43. The summed E-state index contributed by atoms with van der Waals surface area (Å²) in [6, 6.07) is 5.73. The second-order valence-corrected chi connectivity index (χ2v) is 7.41. The molecule has 158 valence electrons. The zero-order chi connectivity index (χ0) is 21.3. The van der Waals surface area contributed by atoms with Gasteiger partial charge in [-0.2, -0.15) is 0 Å². The van der Waals surface area contributed by atoms with Gasteiger partial charge in [0.25, 0.3) is 0 Å². The van der Waals surface area contributed by atoms with Crippen molar-refractivity contribution < 1.29 is 19.0 Å². The van der Waals surface area contributed by atoms with E-state index in [1.54, 1.807) is 28.3 Å². The minimum Gasteiger partial charge on any atom is -0.497 e. The molecule has 0 spiro atoms. The Labute approximate surface area is 168 Å². The third-order valence-corrected chi connectivity index (χ3v) is 3.91. The highest BCUT2D eigenvalue weighted by Gasteiger charge is 2.19. The van der Waals surface area contributed by atoms with Gasteiger partial charge in [0.15, 0.2) is 5.96 Å². The Kier molecular flexibility index (Phi) is 8.88. The van der Waals surface area contributed by atoms with Crippen molar-refractivity contribution in [2.75, 3.05) is 48.5 Å². The third-order valence-electron chi connectivity index (χ3n) is 3.91.